The molecule has 8 nitrogen and oxygen atoms in total. The first-order valence-corrected chi connectivity index (χ1v) is 8.96. The van der Waals surface area contributed by atoms with Gasteiger partial charge in [0.25, 0.3) is 0 Å². The van der Waals surface area contributed by atoms with Gasteiger partial charge in [-0.1, -0.05) is 18.2 Å². The van der Waals surface area contributed by atoms with E-state index >= 15 is 0 Å². The highest BCUT2D eigenvalue weighted by Crippen LogP contribution is 2.30. The van der Waals surface area contributed by atoms with E-state index in [-0.39, 0.29) is 18.9 Å². The maximum Gasteiger partial charge on any atom is 0.324 e. The number of benzene rings is 2. The highest BCUT2D eigenvalue weighted by Gasteiger charge is 2.24. The van der Waals surface area contributed by atoms with Crippen molar-refractivity contribution >= 4 is 22.6 Å². The number of fused-ring (bicyclic) bond motifs is 1. The molecule has 0 atom stereocenters. The summed E-state index contributed by atoms with van der Waals surface area (Å²) in [5, 5.41) is 26.1. The van der Waals surface area contributed by atoms with E-state index < -0.39 is 17.4 Å². The molecule has 0 saturated carbocycles. The Labute approximate surface area is 166 Å². The van der Waals surface area contributed by atoms with E-state index in [9.17, 15) is 19.9 Å². The number of carbonyl (C=O) groups excluding carboxylic acids is 2. The first-order valence-electron chi connectivity index (χ1n) is 8.96. The average Bonchev–Trinajstić information content (AvgIpc) is 2.71. The third kappa shape index (κ3) is 4.73. The van der Waals surface area contributed by atoms with Crippen LogP contribution >= 0.6 is 0 Å². The molecule has 150 valence electrons. The van der Waals surface area contributed by atoms with E-state index in [4.69, 9.17) is 4.74 Å². The number of para-hydroxylation sites is 1. The number of aromatic nitrogens is 1. The summed E-state index contributed by atoms with van der Waals surface area (Å²) in [6.07, 6.45) is 1.70. The first-order chi connectivity index (χ1) is 14.0. The summed E-state index contributed by atoms with van der Waals surface area (Å²) in [6, 6.07) is 14.0. The minimum Gasteiger partial charge on any atom is -0.618 e. The van der Waals surface area contributed by atoms with Crippen LogP contribution in [0.4, 0.5) is 0 Å². The summed E-state index contributed by atoms with van der Waals surface area (Å²) in [6.45, 7) is 0.162. The van der Waals surface area contributed by atoms with Crippen LogP contribution in [0, 0.1) is 5.21 Å². The topological polar surface area (TPSA) is 112 Å². The van der Waals surface area contributed by atoms with Gasteiger partial charge in [-0.05, 0) is 36.8 Å². The largest absolute Gasteiger partial charge is 0.618 e. The first kappa shape index (κ1) is 19.9. The van der Waals surface area contributed by atoms with Crippen LogP contribution in [0.25, 0.3) is 10.8 Å². The number of esters is 1. The molecule has 0 spiro atoms. The van der Waals surface area contributed by atoms with Gasteiger partial charge in [0.1, 0.15) is 11.5 Å². The number of amides is 1. The fourth-order valence-electron chi connectivity index (χ4n) is 2.80. The average molecular weight is 396 g/mol. The van der Waals surface area contributed by atoms with Crippen molar-refractivity contribution in [2.24, 2.45) is 0 Å². The van der Waals surface area contributed by atoms with Gasteiger partial charge >= 0.3 is 17.6 Å². The highest BCUT2D eigenvalue weighted by molar-refractivity contribution is 6.00. The van der Waals surface area contributed by atoms with Gasteiger partial charge in [-0.3, -0.25) is 9.59 Å². The summed E-state index contributed by atoms with van der Waals surface area (Å²) in [5.41, 5.74) is -0.410. The van der Waals surface area contributed by atoms with Crippen LogP contribution in [-0.2, 0) is 9.53 Å². The Bertz CT molecular complexity index is 1040. The maximum atomic E-state index is 12.3. The molecule has 1 heterocycles. The Morgan fingerprint density at radius 1 is 1.14 bits per heavy atom. The number of ether oxygens (including phenoxy) is 2. The molecule has 0 bridgehead atoms. The lowest BCUT2D eigenvalue weighted by atomic mass is 10.1. The van der Waals surface area contributed by atoms with Crippen molar-refractivity contribution in [3.8, 4) is 17.2 Å². The van der Waals surface area contributed by atoms with Gasteiger partial charge in [-0.2, -0.15) is 4.73 Å². The predicted octanol–water partition coefficient (Wildman–Crippen LogP) is 2.65. The van der Waals surface area contributed by atoms with Crippen molar-refractivity contribution in [3.05, 3.63) is 65.6 Å². The van der Waals surface area contributed by atoms with Crippen LogP contribution in [0.15, 0.2) is 54.7 Å². The van der Waals surface area contributed by atoms with Gasteiger partial charge < -0.3 is 25.1 Å². The van der Waals surface area contributed by atoms with Crippen LogP contribution in [0.2, 0.25) is 0 Å². The van der Waals surface area contributed by atoms with Crippen molar-refractivity contribution in [3.63, 3.8) is 0 Å². The van der Waals surface area contributed by atoms with Gasteiger partial charge in [0.2, 0.25) is 5.75 Å². The minimum absolute atomic E-state index is 0.141. The normalized spacial score (nSPS) is 10.5. The summed E-state index contributed by atoms with van der Waals surface area (Å²) in [4.78, 5) is 23.4. The molecule has 8 heteroatoms. The number of nitrogens with one attached hydrogen (secondary N) is 1. The van der Waals surface area contributed by atoms with Gasteiger partial charge in [0, 0.05) is 18.4 Å². The number of aromatic hydroxyl groups is 1. The van der Waals surface area contributed by atoms with E-state index in [1.54, 1.807) is 30.3 Å². The predicted molar refractivity (Wildman–Crippen MR) is 105 cm³/mol. The standard InChI is InChI=1S/C21H20N2O6/c1-28-18(24)8-5-11-22-21(26)19-20(25)17-10-9-16(12-14(17)13-23(19)27)29-15-6-3-2-4-7-15/h2-4,6-7,9-10,12-13,25H,5,8,11H2,1H3,(H,22,26). The van der Waals surface area contributed by atoms with E-state index in [1.807, 2.05) is 18.2 Å². The molecular weight excluding hydrogens is 376 g/mol. The minimum atomic E-state index is -0.728. The number of hydrogen-bond acceptors (Lipinski definition) is 6. The van der Waals surface area contributed by atoms with Crippen molar-refractivity contribution in [1.82, 2.24) is 5.32 Å². The van der Waals surface area contributed by atoms with Gasteiger partial charge in [-0.15, -0.1) is 0 Å². The fourth-order valence-corrected chi connectivity index (χ4v) is 2.80. The number of carbonyl (C=O) groups is 2. The monoisotopic (exact) mass is 396 g/mol. The molecule has 3 aromatic rings. The summed E-state index contributed by atoms with van der Waals surface area (Å²) in [7, 11) is 1.28. The molecule has 2 aromatic carbocycles. The summed E-state index contributed by atoms with van der Waals surface area (Å²) in [5.74, 6) is -0.416. The van der Waals surface area contributed by atoms with Crippen LogP contribution < -0.4 is 14.8 Å². The number of nitrogens with zero attached hydrogens (tertiary/aromatic N) is 1. The Hall–Kier alpha value is -3.81. The molecule has 0 aliphatic heterocycles. The Balaban J connectivity index is 1.78. The molecule has 0 saturated heterocycles. The molecule has 3 rings (SSSR count). The molecule has 0 radical (unpaired) electrons. The molecule has 1 aromatic heterocycles. The molecule has 0 aliphatic carbocycles. The smallest absolute Gasteiger partial charge is 0.324 e. The lowest BCUT2D eigenvalue weighted by molar-refractivity contribution is -0.606. The fraction of sp³-hybridized carbons (Fsp3) is 0.190. The maximum absolute atomic E-state index is 12.3. The van der Waals surface area contributed by atoms with Crippen molar-refractivity contribution in [1.29, 1.82) is 0 Å². The molecule has 0 unspecified atom stereocenters. The number of rotatable bonds is 7. The van der Waals surface area contributed by atoms with E-state index in [1.165, 1.54) is 13.3 Å². The van der Waals surface area contributed by atoms with Gasteiger partial charge in [0.15, 0.2) is 6.20 Å². The zero-order valence-electron chi connectivity index (χ0n) is 15.8. The van der Waals surface area contributed by atoms with Crippen LogP contribution in [0.3, 0.4) is 0 Å². The van der Waals surface area contributed by atoms with Crippen LogP contribution in [0.5, 0.6) is 17.2 Å². The second-order valence-electron chi connectivity index (χ2n) is 6.25. The van der Waals surface area contributed by atoms with Gasteiger partial charge in [-0.25, -0.2) is 0 Å². The van der Waals surface area contributed by atoms with Crippen molar-refractivity contribution < 1.29 is 28.9 Å². The molecule has 0 aliphatic rings. The molecule has 1 amide bonds. The third-order valence-corrected chi connectivity index (χ3v) is 4.24. The Morgan fingerprint density at radius 3 is 2.62 bits per heavy atom. The lowest BCUT2D eigenvalue weighted by Gasteiger charge is -2.11. The van der Waals surface area contributed by atoms with E-state index in [0.29, 0.717) is 33.4 Å². The second-order valence-corrected chi connectivity index (χ2v) is 6.25. The van der Waals surface area contributed by atoms with Gasteiger partial charge in [0.05, 0.1) is 12.5 Å². The van der Waals surface area contributed by atoms with Crippen LogP contribution in [0.1, 0.15) is 23.3 Å². The second kappa shape index (κ2) is 8.92. The molecule has 29 heavy (non-hydrogen) atoms. The van der Waals surface area contributed by atoms with E-state index in [0.717, 1.165) is 0 Å². The number of pyridine rings is 1. The quantitative estimate of drug-likeness (QED) is 0.275. The van der Waals surface area contributed by atoms with Crippen molar-refractivity contribution in [2.45, 2.75) is 12.8 Å². The summed E-state index contributed by atoms with van der Waals surface area (Å²) < 4.78 is 10.6. The Morgan fingerprint density at radius 2 is 1.90 bits per heavy atom. The van der Waals surface area contributed by atoms with E-state index in [2.05, 4.69) is 10.1 Å². The number of hydrogen-bond donors (Lipinski definition) is 2. The van der Waals surface area contributed by atoms with Crippen molar-refractivity contribution in [2.75, 3.05) is 13.7 Å². The Kier molecular flexibility index (Phi) is 6.13. The highest BCUT2D eigenvalue weighted by atomic mass is 16.5. The molecule has 0 fully saturated rings. The number of methoxy groups -OCH3 is 1. The zero-order chi connectivity index (χ0) is 20.8. The lowest BCUT2D eigenvalue weighted by Crippen LogP contribution is -2.39. The summed E-state index contributed by atoms with van der Waals surface area (Å²) >= 11 is 0. The van der Waals surface area contributed by atoms with Crippen LogP contribution in [-0.4, -0.2) is 30.6 Å². The molecular formula is C21H20N2O6. The SMILES string of the molecule is COC(=O)CCCNC(=O)c1c(O)c2ccc(Oc3ccccc3)cc2c[n+]1[O-]. The molecule has 2 N–H and O–H groups in total. The third-order valence-electron chi connectivity index (χ3n) is 4.24. The zero-order valence-corrected chi connectivity index (χ0v) is 15.8.